The Morgan fingerprint density at radius 2 is 1.65 bits per heavy atom. The highest BCUT2D eigenvalue weighted by Gasteiger charge is 2.69. The summed E-state index contributed by atoms with van der Waals surface area (Å²) in [5.41, 5.74) is 5.59. The van der Waals surface area contributed by atoms with E-state index in [4.69, 9.17) is 5.73 Å². The van der Waals surface area contributed by atoms with Crippen molar-refractivity contribution in [1.29, 1.82) is 0 Å². The fourth-order valence-corrected chi connectivity index (χ4v) is 7.30. The van der Waals surface area contributed by atoms with Gasteiger partial charge in [0.25, 0.3) is 0 Å². The van der Waals surface area contributed by atoms with Gasteiger partial charge in [0.1, 0.15) is 0 Å². The number of halogens is 1. The molecule has 0 saturated heterocycles. The van der Waals surface area contributed by atoms with E-state index in [9.17, 15) is 14.6 Å². The van der Waals surface area contributed by atoms with Crippen molar-refractivity contribution in [1.82, 2.24) is 0 Å². The average Bonchev–Trinajstić information content (AvgIpc) is 2.70. The zero-order chi connectivity index (χ0) is 16.7. The summed E-state index contributed by atoms with van der Waals surface area (Å²) in [6, 6.07) is 0. The highest BCUT2D eigenvalue weighted by molar-refractivity contribution is 5.15. The molecule has 4 N–H and O–H groups in total. The maximum Gasteiger partial charge on any atom is 0.166 e. The molecule has 0 spiro atoms. The molecule has 0 aliphatic heterocycles. The van der Waals surface area contributed by atoms with E-state index in [0.717, 1.165) is 19.3 Å². The van der Waals surface area contributed by atoms with Gasteiger partial charge in [0.05, 0.1) is 0 Å². The summed E-state index contributed by atoms with van der Waals surface area (Å²) in [5.74, 6) is -2.86. The first-order valence-corrected chi connectivity index (χ1v) is 9.54. The van der Waals surface area contributed by atoms with Crippen molar-refractivity contribution in [3.63, 3.8) is 0 Å². The monoisotopic (exact) mass is 325 g/mol. The van der Waals surface area contributed by atoms with Crippen LogP contribution < -0.4 is 5.73 Å². The average molecular weight is 325 g/mol. The van der Waals surface area contributed by atoms with E-state index in [1.807, 2.05) is 6.92 Å². The third-order valence-corrected chi connectivity index (χ3v) is 8.81. The molecule has 3 nitrogen and oxygen atoms in total. The van der Waals surface area contributed by atoms with Crippen molar-refractivity contribution in [3.8, 4) is 0 Å². The number of fused-ring (bicyclic) bond motifs is 5. The molecule has 4 saturated carbocycles. The normalized spacial score (nSPS) is 58.2. The zero-order valence-electron chi connectivity index (χ0n) is 14.5. The van der Waals surface area contributed by atoms with Crippen molar-refractivity contribution in [2.24, 2.45) is 40.2 Å². The molecule has 0 aromatic carbocycles. The number of alkyl halides is 1. The molecule has 23 heavy (non-hydrogen) atoms. The molecule has 0 heterocycles. The van der Waals surface area contributed by atoms with Crippen LogP contribution in [0.4, 0.5) is 4.39 Å². The Balaban J connectivity index is 1.75. The lowest BCUT2D eigenvalue weighted by molar-refractivity contribution is -0.304. The molecule has 4 fully saturated rings. The lowest BCUT2D eigenvalue weighted by Gasteiger charge is -2.63. The Labute approximate surface area is 138 Å². The highest BCUT2D eigenvalue weighted by Crippen LogP contribution is 2.69. The fraction of sp³-hybridized carbons (Fsp3) is 1.00. The summed E-state index contributed by atoms with van der Waals surface area (Å²) < 4.78 is 15.0. The molecule has 0 aromatic rings. The van der Waals surface area contributed by atoms with Crippen LogP contribution in [0, 0.1) is 34.5 Å². The molecule has 0 radical (unpaired) electrons. The molecule has 0 bridgehead atoms. The van der Waals surface area contributed by atoms with Gasteiger partial charge >= 0.3 is 0 Å². The van der Waals surface area contributed by atoms with E-state index < -0.39 is 17.0 Å². The van der Waals surface area contributed by atoms with E-state index in [1.54, 1.807) is 0 Å². The first kappa shape index (κ1) is 16.3. The van der Waals surface area contributed by atoms with Crippen LogP contribution >= 0.6 is 0 Å². The first-order valence-electron chi connectivity index (χ1n) is 9.54. The maximum absolute atomic E-state index is 15.0. The second-order valence-corrected chi connectivity index (χ2v) is 9.63. The molecule has 7 atom stereocenters. The van der Waals surface area contributed by atoms with Gasteiger partial charge in [0, 0.05) is 17.8 Å². The second-order valence-electron chi connectivity index (χ2n) is 9.63. The summed E-state index contributed by atoms with van der Waals surface area (Å²) in [6.07, 6.45) is 7.90. The van der Waals surface area contributed by atoms with E-state index >= 15 is 0 Å². The van der Waals surface area contributed by atoms with Gasteiger partial charge in [-0.2, -0.15) is 0 Å². The first-order chi connectivity index (χ1) is 10.6. The topological polar surface area (TPSA) is 66.5 Å². The minimum Gasteiger partial charge on any atom is -0.365 e. The number of nitrogens with two attached hydrogens (primary N) is 1. The lowest BCUT2D eigenvalue weighted by Crippen LogP contribution is -2.64. The largest absolute Gasteiger partial charge is 0.365 e. The molecule has 4 rings (SSSR count). The number of rotatable bonds is 0. The minimum atomic E-state index is -1.66. The van der Waals surface area contributed by atoms with E-state index in [2.05, 4.69) is 6.92 Å². The molecule has 2 unspecified atom stereocenters. The number of hydrogen-bond acceptors (Lipinski definition) is 3. The Bertz CT molecular complexity index is 508. The highest BCUT2D eigenvalue weighted by atomic mass is 19.1. The van der Waals surface area contributed by atoms with Crippen LogP contribution in [0.5, 0.6) is 0 Å². The third-order valence-electron chi connectivity index (χ3n) is 8.81. The van der Waals surface area contributed by atoms with Crippen LogP contribution in [0.15, 0.2) is 0 Å². The lowest BCUT2D eigenvalue weighted by atomic mass is 9.43. The molecule has 4 aliphatic rings. The quantitative estimate of drug-likeness (QED) is 0.473. The van der Waals surface area contributed by atoms with Crippen molar-refractivity contribution < 1.29 is 14.6 Å². The van der Waals surface area contributed by atoms with Gasteiger partial charge in [-0.15, -0.1) is 0 Å². The van der Waals surface area contributed by atoms with Crippen LogP contribution in [-0.2, 0) is 0 Å². The van der Waals surface area contributed by atoms with Gasteiger partial charge in [0.2, 0.25) is 0 Å². The number of aliphatic hydroxyl groups is 2. The molecular formula is C19H32FNO2. The van der Waals surface area contributed by atoms with Gasteiger partial charge in [-0.05, 0) is 61.7 Å². The summed E-state index contributed by atoms with van der Waals surface area (Å²) in [6.45, 7) is 4.32. The Hall–Kier alpha value is -0.190. The van der Waals surface area contributed by atoms with E-state index in [1.165, 1.54) is 19.3 Å². The predicted molar refractivity (Wildman–Crippen MR) is 86.9 cm³/mol. The summed E-state index contributed by atoms with van der Waals surface area (Å²) in [4.78, 5) is 0. The number of hydrogen-bond donors (Lipinski definition) is 3. The van der Waals surface area contributed by atoms with Crippen LogP contribution in [0.1, 0.15) is 71.6 Å². The van der Waals surface area contributed by atoms with Crippen LogP contribution in [0.25, 0.3) is 0 Å². The Morgan fingerprint density at radius 1 is 0.957 bits per heavy atom. The Morgan fingerprint density at radius 3 is 2.39 bits per heavy atom. The van der Waals surface area contributed by atoms with Gasteiger partial charge in [-0.25, -0.2) is 4.39 Å². The molecular weight excluding hydrogens is 293 g/mol. The van der Waals surface area contributed by atoms with Crippen LogP contribution in [0.2, 0.25) is 0 Å². The SMILES string of the molecule is C[C@]12CCCCC1CC(O)(O)[C@@H]1[C@H]2CC[C@@]2(C)[C@H]1CCC2(N)F. The van der Waals surface area contributed by atoms with Crippen molar-refractivity contribution >= 4 is 0 Å². The molecule has 4 heteroatoms. The van der Waals surface area contributed by atoms with E-state index in [0.29, 0.717) is 31.1 Å². The zero-order valence-corrected chi connectivity index (χ0v) is 14.5. The standard InChI is InChI=1S/C19H32FNO2/c1-16-8-4-3-5-12(16)11-18(22,23)15-13(16)6-9-17(2)14(15)7-10-19(17,20)21/h12-15,22-23H,3-11,21H2,1-2H3/t12?,13-,14+,15-,16+,17+,19?/m1/s1. The smallest absolute Gasteiger partial charge is 0.166 e. The summed E-state index contributed by atoms with van der Waals surface area (Å²) >= 11 is 0. The Kier molecular flexibility index (Phi) is 3.33. The van der Waals surface area contributed by atoms with Crippen molar-refractivity contribution in [3.05, 3.63) is 0 Å². The molecule has 0 aromatic heterocycles. The van der Waals surface area contributed by atoms with Crippen molar-refractivity contribution in [2.45, 2.75) is 83.2 Å². The minimum absolute atomic E-state index is 0.00838. The fourth-order valence-electron chi connectivity index (χ4n) is 7.30. The summed E-state index contributed by atoms with van der Waals surface area (Å²) in [7, 11) is 0. The predicted octanol–water partition coefficient (Wildman–Crippen LogP) is 3.33. The van der Waals surface area contributed by atoms with Gasteiger partial charge in [0.15, 0.2) is 11.6 Å². The molecule has 132 valence electrons. The van der Waals surface area contributed by atoms with Gasteiger partial charge in [-0.1, -0.05) is 26.7 Å². The molecule has 0 amide bonds. The summed E-state index contributed by atoms with van der Waals surface area (Å²) in [5, 5.41) is 21.9. The van der Waals surface area contributed by atoms with E-state index in [-0.39, 0.29) is 17.3 Å². The maximum atomic E-state index is 15.0. The van der Waals surface area contributed by atoms with Crippen LogP contribution in [-0.4, -0.2) is 21.8 Å². The third kappa shape index (κ3) is 1.98. The van der Waals surface area contributed by atoms with Gasteiger partial charge < -0.3 is 10.2 Å². The van der Waals surface area contributed by atoms with Gasteiger partial charge in [-0.3, -0.25) is 5.73 Å². The van der Waals surface area contributed by atoms with Crippen molar-refractivity contribution in [2.75, 3.05) is 0 Å². The molecule has 4 aliphatic carbocycles. The second kappa shape index (κ2) is 4.70. The van der Waals surface area contributed by atoms with Crippen LogP contribution in [0.3, 0.4) is 0 Å².